The summed E-state index contributed by atoms with van der Waals surface area (Å²) in [5.41, 5.74) is 3.28. The fraction of sp³-hybridized carbons (Fsp3) is 0.481. The van der Waals surface area contributed by atoms with Gasteiger partial charge in [-0.25, -0.2) is 0 Å². The van der Waals surface area contributed by atoms with Crippen LogP contribution >= 0.6 is 11.8 Å². The molecular formula is C27H35NO7S. The molecule has 2 aromatic rings. The predicted molar refractivity (Wildman–Crippen MR) is 139 cm³/mol. The Balaban J connectivity index is 1.64. The molecule has 1 fully saturated rings. The van der Waals surface area contributed by atoms with Crippen LogP contribution in [0.25, 0.3) is 0 Å². The van der Waals surface area contributed by atoms with Gasteiger partial charge in [-0.05, 0) is 36.1 Å². The third-order valence-electron chi connectivity index (χ3n) is 5.89. The minimum absolute atomic E-state index is 0.0151. The number of amides is 1. The number of nitrogens with one attached hydrogen (secondary N) is 1. The van der Waals surface area contributed by atoms with Gasteiger partial charge in [-0.1, -0.05) is 42.8 Å². The molecule has 8 nitrogen and oxygen atoms in total. The lowest BCUT2D eigenvalue weighted by atomic mass is 10.0. The highest BCUT2D eigenvalue weighted by atomic mass is 32.2. The number of aliphatic hydroxyl groups excluding tert-OH is 2. The van der Waals surface area contributed by atoms with Crippen LogP contribution in [0.2, 0.25) is 0 Å². The monoisotopic (exact) mass is 517 g/mol. The van der Waals surface area contributed by atoms with Crippen LogP contribution < -0.4 is 5.32 Å². The topological polar surface area (TPSA) is 125 Å². The van der Waals surface area contributed by atoms with Crippen LogP contribution in [0.1, 0.15) is 67.6 Å². The smallest absolute Gasteiger partial charge is 0.303 e. The van der Waals surface area contributed by atoms with E-state index in [-0.39, 0.29) is 37.7 Å². The van der Waals surface area contributed by atoms with Gasteiger partial charge in [-0.3, -0.25) is 9.59 Å². The Morgan fingerprint density at radius 2 is 1.75 bits per heavy atom. The van der Waals surface area contributed by atoms with Gasteiger partial charge in [0, 0.05) is 42.0 Å². The fourth-order valence-electron chi connectivity index (χ4n) is 4.03. The Morgan fingerprint density at radius 3 is 2.47 bits per heavy atom. The van der Waals surface area contributed by atoms with Crippen molar-refractivity contribution >= 4 is 29.3 Å². The standard InChI is InChI=1S/C27H35NO7S/c29-13-14-36-18-23-16-24(20-11-9-19(17-30)10-12-20)35-27(34-23)21-5-4-6-22(15-21)28-25(31)7-2-1-3-8-26(32)33/h4-6,9-12,15,23-24,27,29-30H,1-3,7-8,13-14,16-18H2,(H,28,31)(H,32,33)/t23-,24+,27+/m0/s1. The number of hydrogen-bond donors (Lipinski definition) is 4. The third-order valence-corrected chi connectivity index (χ3v) is 6.97. The van der Waals surface area contributed by atoms with E-state index in [0.717, 1.165) is 22.4 Å². The predicted octanol–water partition coefficient (Wildman–Crippen LogP) is 4.42. The van der Waals surface area contributed by atoms with E-state index in [1.54, 1.807) is 11.8 Å². The van der Waals surface area contributed by atoms with Crippen molar-refractivity contribution in [3.05, 3.63) is 65.2 Å². The summed E-state index contributed by atoms with van der Waals surface area (Å²) in [5.74, 6) is 0.429. The van der Waals surface area contributed by atoms with Gasteiger partial charge in [0.15, 0.2) is 6.29 Å². The van der Waals surface area contributed by atoms with Crippen molar-refractivity contribution in [2.45, 2.75) is 63.6 Å². The van der Waals surface area contributed by atoms with Crippen molar-refractivity contribution in [1.29, 1.82) is 0 Å². The Kier molecular flexibility index (Phi) is 11.7. The molecule has 0 bridgehead atoms. The molecule has 0 radical (unpaired) electrons. The molecule has 4 N–H and O–H groups in total. The number of carboxylic acids is 1. The molecule has 3 rings (SSSR count). The molecule has 9 heteroatoms. The summed E-state index contributed by atoms with van der Waals surface area (Å²) in [7, 11) is 0. The summed E-state index contributed by atoms with van der Waals surface area (Å²) in [6.45, 7) is 0.101. The van der Waals surface area contributed by atoms with Crippen molar-refractivity contribution in [1.82, 2.24) is 0 Å². The third kappa shape index (κ3) is 9.22. The Morgan fingerprint density at radius 1 is 0.972 bits per heavy atom. The van der Waals surface area contributed by atoms with Crippen LogP contribution in [0.3, 0.4) is 0 Å². The molecule has 1 aliphatic rings. The highest BCUT2D eigenvalue weighted by Crippen LogP contribution is 2.39. The summed E-state index contributed by atoms with van der Waals surface area (Å²) in [6.07, 6.45) is 2.13. The number of hydrogen-bond acceptors (Lipinski definition) is 7. The normalized spacial score (nSPS) is 19.7. The maximum atomic E-state index is 12.4. The molecule has 1 amide bonds. The van der Waals surface area contributed by atoms with Gasteiger partial charge in [-0.2, -0.15) is 11.8 Å². The first-order valence-electron chi connectivity index (χ1n) is 12.3. The van der Waals surface area contributed by atoms with Gasteiger partial charge in [0.1, 0.15) is 0 Å². The Hall–Kier alpha value is -2.43. The maximum absolute atomic E-state index is 12.4. The highest BCUT2D eigenvalue weighted by molar-refractivity contribution is 7.99. The van der Waals surface area contributed by atoms with E-state index in [1.807, 2.05) is 48.5 Å². The van der Waals surface area contributed by atoms with E-state index < -0.39 is 12.3 Å². The molecule has 3 atom stereocenters. The van der Waals surface area contributed by atoms with Gasteiger partial charge in [-0.15, -0.1) is 0 Å². The van der Waals surface area contributed by atoms with E-state index in [1.165, 1.54) is 0 Å². The van der Waals surface area contributed by atoms with Crippen LogP contribution in [-0.4, -0.2) is 51.4 Å². The highest BCUT2D eigenvalue weighted by Gasteiger charge is 2.32. The number of benzene rings is 2. The number of thioether (sulfide) groups is 1. The van der Waals surface area contributed by atoms with Gasteiger partial charge in [0.25, 0.3) is 0 Å². The van der Waals surface area contributed by atoms with Crippen LogP contribution in [0.4, 0.5) is 5.69 Å². The number of anilines is 1. The number of carbonyl (C=O) groups is 2. The average molecular weight is 518 g/mol. The van der Waals surface area contributed by atoms with E-state index in [2.05, 4.69) is 5.32 Å². The summed E-state index contributed by atoms with van der Waals surface area (Å²) < 4.78 is 12.6. The van der Waals surface area contributed by atoms with Gasteiger partial charge < -0.3 is 30.1 Å². The molecule has 196 valence electrons. The van der Waals surface area contributed by atoms with E-state index in [9.17, 15) is 14.7 Å². The molecule has 0 saturated carbocycles. The second-order valence-electron chi connectivity index (χ2n) is 8.78. The van der Waals surface area contributed by atoms with Crippen molar-refractivity contribution in [2.75, 3.05) is 23.4 Å². The number of ether oxygens (including phenoxy) is 2. The number of aliphatic carboxylic acids is 1. The molecule has 0 spiro atoms. The van der Waals surface area contributed by atoms with Crippen LogP contribution in [0.5, 0.6) is 0 Å². The minimum atomic E-state index is -0.818. The fourth-order valence-corrected chi connectivity index (χ4v) is 4.80. The van der Waals surface area contributed by atoms with Crippen LogP contribution in [-0.2, 0) is 25.7 Å². The van der Waals surface area contributed by atoms with Crippen molar-refractivity contribution in [2.24, 2.45) is 0 Å². The first-order valence-corrected chi connectivity index (χ1v) is 13.4. The van der Waals surface area contributed by atoms with E-state index in [4.69, 9.17) is 19.7 Å². The van der Waals surface area contributed by atoms with Gasteiger partial charge in [0.2, 0.25) is 5.91 Å². The summed E-state index contributed by atoms with van der Waals surface area (Å²) in [4.78, 5) is 22.9. The number of carboxylic acid groups (broad SMARTS) is 1. The average Bonchev–Trinajstić information content (AvgIpc) is 2.88. The molecular weight excluding hydrogens is 482 g/mol. The zero-order chi connectivity index (χ0) is 25.8. The van der Waals surface area contributed by atoms with Crippen molar-refractivity contribution in [3.63, 3.8) is 0 Å². The zero-order valence-corrected chi connectivity index (χ0v) is 21.1. The maximum Gasteiger partial charge on any atom is 0.303 e. The zero-order valence-electron chi connectivity index (χ0n) is 20.3. The second kappa shape index (κ2) is 15.0. The SMILES string of the molecule is O=C(O)CCCCCC(=O)Nc1cccc([C@@H]2O[C@H](CSCCO)C[C@H](c3ccc(CO)cc3)O2)c1. The minimum Gasteiger partial charge on any atom is -0.481 e. The first-order chi connectivity index (χ1) is 17.5. The van der Waals surface area contributed by atoms with Gasteiger partial charge in [0.05, 0.1) is 25.4 Å². The number of rotatable bonds is 14. The Bertz CT molecular complexity index is 969. The van der Waals surface area contributed by atoms with Crippen molar-refractivity contribution < 1.29 is 34.4 Å². The lowest BCUT2D eigenvalue weighted by Crippen LogP contribution is -2.31. The molecule has 2 aromatic carbocycles. The lowest BCUT2D eigenvalue weighted by Gasteiger charge is -2.36. The molecule has 1 heterocycles. The number of aliphatic hydroxyl groups is 2. The quantitative estimate of drug-likeness (QED) is 0.271. The van der Waals surface area contributed by atoms with Crippen molar-refractivity contribution in [3.8, 4) is 0 Å². The van der Waals surface area contributed by atoms with Crippen LogP contribution in [0.15, 0.2) is 48.5 Å². The van der Waals surface area contributed by atoms with Gasteiger partial charge >= 0.3 is 5.97 Å². The second-order valence-corrected chi connectivity index (χ2v) is 9.93. The van der Waals surface area contributed by atoms with Crippen LogP contribution in [0, 0.1) is 0 Å². The molecule has 1 aliphatic heterocycles. The largest absolute Gasteiger partial charge is 0.481 e. The number of unbranched alkanes of at least 4 members (excludes halogenated alkanes) is 2. The molecule has 0 aliphatic carbocycles. The van der Waals surface area contributed by atoms with E-state index >= 15 is 0 Å². The lowest BCUT2D eigenvalue weighted by molar-refractivity contribution is -0.245. The molecule has 1 saturated heterocycles. The summed E-state index contributed by atoms with van der Waals surface area (Å²) in [6, 6.07) is 15.1. The Labute approximate surface area is 216 Å². The molecule has 0 unspecified atom stereocenters. The van der Waals surface area contributed by atoms with E-state index in [0.29, 0.717) is 43.5 Å². The summed E-state index contributed by atoms with van der Waals surface area (Å²) in [5, 5.41) is 30.1. The number of carbonyl (C=O) groups excluding carboxylic acids is 1. The molecule has 0 aromatic heterocycles. The summed E-state index contributed by atoms with van der Waals surface area (Å²) >= 11 is 1.63. The molecule has 36 heavy (non-hydrogen) atoms. The first kappa shape index (κ1) is 28.1.